The molecular formula is C23H25NO3. The van der Waals surface area contributed by atoms with Gasteiger partial charge in [0.15, 0.2) is 0 Å². The summed E-state index contributed by atoms with van der Waals surface area (Å²) >= 11 is 0. The van der Waals surface area contributed by atoms with Gasteiger partial charge in [0.1, 0.15) is 5.75 Å². The monoisotopic (exact) mass is 363 g/mol. The molecule has 0 aliphatic rings. The van der Waals surface area contributed by atoms with Crippen molar-refractivity contribution in [1.29, 1.82) is 0 Å². The van der Waals surface area contributed by atoms with Crippen molar-refractivity contribution in [2.75, 3.05) is 6.61 Å². The lowest BCUT2D eigenvalue weighted by Crippen LogP contribution is -2.12. The largest absolute Gasteiger partial charge is 0.493 e. The average Bonchev–Trinajstić information content (AvgIpc) is 2.68. The van der Waals surface area contributed by atoms with E-state index in [2.05, 4.69) is 30.1 Å². The van der Waals surface area contributed by atoms with Crippen molar-refractivity contribution in [3.63, 3.8) is 0 Å². The number of carboxylic acids is 1. The second-order valence-electron chi connectivity index (χ2n) is 6.90. The van der Waals surface area contributed by atoms with Crippen LogP contribution in [0.25, 0.3) is 10.8 Å². The zero-order valence-electron chi connectivity index (χ0n) is 15.8. The van der Waals surface area contributed by atoms with Crippen LogP contribution in [0, 0.1) is 5.92 Å². The van der Waals surface area contributed by atoms with E-state index in [1.807, 2.05) is 36.5 Å². The molecule has 1 atom stereocenters. The summed E-state index contributed by atoms with van der Waals surface area (Å²) < 4.78 is 5.88. The van der Waals surface area contributed by atoms with E-state index in [1.165, 1.54) is 5.56 Å². The lowest BCUT2D eigenvalue weighted by atomic mass is 9.98. The van der Waals surface area contributed by atoms with Crippen molar-refractivity contribution in [1.82, 2.24) is 4.98 Å². The van der Waals surface area contributed by atoms with E-state index in [4.69, 9.17) is 9.84 Å². The molecular weight excluding hydrogens is 338 g/mol. The first-order valence-electron chi connectivity index (χ1n) is 9.37. The summed E-state index contributed by atoms with van der Waals surface area (Å²) in [6.45, 7) is 4.43. The molecule has 0 saturated carbocycles. The summed E-state index contributed by atoms with van der Waals surface area (Å²) in [6.07, 6.45) is 4.23. The summed E-state index contributed by atoms with van der Waals surface area (Å²) in [5.74, 6) is -0.318. The van der Waals surface area contributed by atoms with Crippen LogP contribution >= 0.6 is 0 Å². The molecule has 140 valence electrons. The summed E-state index contributed by atoms with van der Waals surface area (Å²) in [5.41, 5.74) is 3.31. The number of aryl methyl sites for hydroxylation is 1. The number of pyridine rings is 1. The zero-order valence-corrected chi connectivity index (χ0v) is 15.8. The Bertz CT molecular complexity index is 919. The maximum atomic E-state index is 11.0. The first-order chi connectivity index (χ1) is 13.0. The number of aromatic nitrogens is 1. The molecule has 4 nitrogen and oxygen atoms in total. The topological polar surface area (TPSA) is 59.4 Å². The molecule has 3 rings (SSSR count). The smallest absolute Gasteiger partial charge is 0.306 e. The van der Waals surface area contributed by atoms with Crippen LogP contribution in [-0.2, 0) is 24.1 Å². The van der Waals surface area contributed by atoms with Gasteiger partial charge in [-0.1, -0.05) is 44.2 Å². The summed E-state index contributed by atoms with van der Waals surface area (Å²) in [4.78, 5) is 15.5. The second kappa shape index (κ2) is 8.67. The molecule has 1 N–H and O–H groups in total. The maximum Gasteiger partial charge on any atom is 0.306 e. The van der Waals surface area contributed by atoms with Crippen molar-refractivity contribution in [3.8, 4) is 5.75 Å². The Morgan fingerprint density at radius 3 is 2.52 bits per heavy atom. The summed E-state index contributed by atoms with van der Waals surface area (Å²) in [6, 6.07) is 16.2. The Morgan fingerprint density at radius 1 is 1.07 bits per heavy atom. The van der Waals surface area contributed by atoms with Crippen molar-refractivity contribution in [3.05, 3.63) is 71.5 Å². The molecule has 0 amide bonds. The highest BCUT2D eigenvalue weighted by Crippen LogP contribution is 2.23. The highest BCUT2D eigenvalue weighted by atomic mass is 16.5. The molecule has 4 heteroatoms. The van der Waals surface area contributed by atoms with E-state index >= 15 is 0 Å². The third-order valence-electron chi connectivity index (χ3n) is 4.76. The number of aliphatic carboxylic acids is 1. The Morgan fingerprint density at radius 2 is 1.81 bits per heavy atom. The van der Waals surface area contributed by atoms with Crippen molar-refractivity contribution in [2.45, 2.75) is 33.1 Å². The quantitative estimate of drug-likeness (QED) is 0.631. The fourth-order valence-corrected chi connectivity index (χ4v) is 3.02. The number of nitrogens with zero attached hydrogens (tertiary/aromatic N) is 1. The Hall–Kier alpha value is -2.88. The van der Waals surface area contributed by atoms with Gasteiger partial charge in [-0.15, -0.1) is 0 Å². The summed E-state index contributed by atoms with van der Waals surface area (Å²) in [5, 5.41) is 11.2. The molecule has 0 saturated heterocycles. The van der Waals surface area contributed by atoms with Crippen LogP contribution in [0.3, 0.4) is 0 Å². The van der Waals surface area contributed by atoms with E-state index in [0.29, 0.717) is 13.0 Å². The van der Waals surface area contributed by atoms with E-state index in [0.717, 1.165) is 40.6 Å². The van der Waals surface area contributed by atoms with Gasteiger partial charge in [0, 0.05) is 18.3 Å². The first-order valence-corrected chi connectivity index (χ1v) is 9.37. The van der Waals surface area contributed by atoms with Gasteiger partial charge in [0.25, 0.3) is 0 Å². The highest BCUT2D eigenvalue weighted by Gasteiger charge is 2.11. The standard InChI is InChI=1S/C23H25NO3/c1-3-17-5-8-21(24-15-17)10-11-27-22-9-7-19-13-18(4-6-20(19)14-22)12-16(2)23(25)26/h4-9,13-16H,3,10-12H2,1-2H3,(H,25,26)/t16-/m0/s1. The van der Waals surface area contributed by atoms with Gasteiger partial charge in [0.2, 0.25) is 0 Å². The lowest BCUT2D eigenvalue weighted by molar-refractivity contribution is -0.141. The molecule has 0 aliphatic heterocycles. The van der Waals surface area contributed by atoms with Crippen LogP contribution in [0.4, 0.5) is 0 Å². The van der Waals surface area contributed by atoms with Crippen LogP contribution in [0.5, 0.6) is 5.75 Å². The van der Waals surface area contributed by atoms with E-state index < -0.39 is 5.97 Å². The number of carbonyl (C=O) groups is 1. The number of hydrogen-bond donors (Lipinski definition) is 1. The highest BCUT2D eigenvalue weighted by molar-refractivity contribution is 5.84. The zero-order chi connectivity index (χ0) is 19.2. The van der Waals surface area contributed by atoms with Gasteiger partial charge in [-0.2, -0.15) is 0 Å². The fourth-order valence-electron chi connectivity index (χ4n) is 3.02. The normalized spacial score (nSPS) is 12.1. The van der Waals surface area contributed by atoms with E-state index in [9.17, 15) is 4.79 Å². The molecule has 1 heterocycles. The Kier molecular flexibility index (Phi) is 6.07. The first kappa shape index (κ1) is 18.9. The third kappa shape index (κ3) is 5.07. The minimum Gasteiger partial charge on any atom is -0.493 e. The van der Waals surface area contributed by atoms with Crippen molar-refractivity contribution >= 4 is 16.7 Å². The van der Waals surface area contributed by atoms with Crippen LogP contribution < -0.4 is 4.74 Å². The van der Waals surface area contributed by atoms with Gasteiger partial charge in [0.05, 0.1) is 12.5 Å². The van der Waals surface area contributed by atoms with E-state index in [-0.39, 0.29) is 5.92 Å². The number of carboxylic acid groups (broad SMARTS) is 1. The number of ether oxygens (including phenoxy) is 1. The average molecular weight is 363 g/mol. The molecule has 1 aromatic heterocycles. The Balaban J connectivity index is 1.61. The van der Waals surface area contributed by atoms with Gasteiger partial charge in [-0.05, 0) is 52.9 Å². The third-order valence-corrected chi connectivity index (χ3v) is 4.76. The molecule has 0 radical (unpaired) electrons. The van der Waals surface area contributed by atoms with Crippen LogP contribution in [0.15, 0.2) is 54.7 Å². The lowest BCUT2D eigenvalue weighted by Gasteiger charge is -2.10. The van der Waals surface area contributed by atoms with Gasteiger partial charge >= 0.3 is 5.97 Å². The predicted octanol–water partition coefficient (Wildman–Crippen LogP) is 4.68. The minimum atomic E-state index is -0.766. The second-order valence-corrected chi connectivity index (χ2v) is 6.90. The van der Waals surface area contributed by atoms with Crippen molar-refractivity contribution in [2.24, 2.45) is 5.92 Å². The van der Waals surface area contributed by atoms with Crippen molar-refractivity contribution < 1.29 is 14.6 Å². The number of fused-ring (bicyclic) bond motifs is 1. The van der Waals surface area contributed by atoms with Gasteiger partial charge < -0.3 is 9.84 Å². The van der Waals surface area contributed by atoms with Crippen LogP contribution in [0.1, 0.15) is 30.7 Å². The van der Waals surface area contributed by atoms with Gasteiger partial charge in [-0.3, -0.25) is 9.78 Å². The predicted molar refractivity (Wildman–Crippen MR) is 107 cm³/mol. The van der Waals surface area contributed by atoms with Crippen LogP contribution in [0.2, 0.25) is 0 Å². The Labute approximate surface area is 159 Å². The maximum absolute atomic E-state index is 11.0. The SMILES string of the molecule is CCc1ccc(CCOc2ccc3cc(C[C@H](C)C(=O)O)ccc3c2)nc1. The molecule has 0 bridgehead atoms. The molecule has 0 unspecified atom stereocenters. The minimum absolute atomic E-state index is 0.384. The molecule has 0 fully saturated rings. The van der Waals surface area contributed by atoms with E-state index in [1.54, 1.807) is 6.92 Å². The van der Waals surface area contributed by atoms with Gasteiger partial charge in [-0.25, -0.2) is 0 Å². The molecule has 3 aromatic rings. The summed E-state index contributed by atoms with van der Waals surface area (Å²) in [7, 11) is 0. The molecule has 2 aromatic carbocycles. The van der Waals surface area contributed by atoms with Crippen LogP contribution in [-0.4, -0.2) is 22.7 Å². The fraction of sp³-hybridized carbons (Fsp3) is 0.304. The number of benzene rings is 2. The molecule has 27 heavy (non-hydrogen) atoms. The number of hydrogen-bond acceptors (Lipinski definition) is 3. The molecule has 0 spiro atoms. The number of rotatable bonds is 8. The molecule has 0 aliphatic carbocycles.